The number of carboxylic acids is 1. The quantitative estimate of drug-likeness (QED) is 0.734. The molecule has 1 aliphatic rings. The number of carboxylic acid groups (broad SMARTS) is 1. The Labute approximate surface area is 111 Å². The number of carbonyl (C=O) groups is 1. The van der Waals surface area contributed by atoms with E-state index >= 15 is 0 Å². The first-order valence-corrected chi connectivity index (χ1v) is 7.35. The molecule has 0 unspecified atom stereocenters. The summed E-state index contributed by atoms with van der Waals surface area (Å²) >= 11 is 0. The van der Waals surface area contributed by atoms with Crippen LogP contribution in [0.15, 0.2) is 29.2 Å². The molecule has 0 bridgehead atoms. The fourth-order valence-corrected chi connectivity index (χ4v) is 3.53. The fourth-order valence-electron chi connectivity index (χ4n) is 2.04. The molecular weight excluding hydrogens is 270 g/mol. The van der Waals surface area contributed by atoms with Crippen molar-refractivity contribution in [3.8, 4) is 0 Å². The number of aromatic carboxylic acids is 1. The zero-order valence-electron chi connectivity index (χ0n) is 10.2. The van der Waals surface area contributed by atoms with Gasteiger partial charge in [-0.1, -0.05) is 6.07 Å². The van der Waals surface area contributed by atoms with E-state index in [9.17, 15) is 18.3 Å². The number of hydrogen-bond acceptors (Lipinski definition) is 4. The Kier molecular flexibility index (Phi) is 3.62. The normalized spacial score (nSPS) is 17.7. The van der Waals surface area contributed by atoms with Crippen molar-refractivity contribution in [3.63, 3.8) is 0 Å². The van der Waals surface area contributed by atoms with Crippen LogP contribution in [0.3, 0.4) is 0 Å². The van der Waals surface area contributed by atoms with E-state index in [1.807, 2.05) is 0 Å². The molecular formula is C12H15NO5S. The van der Waals surface area contributed by atoms with Crippen LogP contribution in [0.4, 0.5) is 0 Å². The summed E-state index contributed by atoms with van der Waals surface area (Å²) in [6.45, 7) is -0.259. The van der Waals surface area contributed by atoms with E-state index < -0.39 is 21.5 Å². The molecule has 1 aliphatic carbocycles. The van der Waals surface area contributed by atoms with E-state index in [-0.39, 0.29) is 17.1 Å². The second-order valence-electron chi connectivity index (χ2n) is 4.73. The lowest BCUT2D eigenvalue weighted by Gasteiger charge is -2.40. The van der Waals surface area contributed by atoms with Gasteiger partial charge in [-0.3, -0.25) is 0 Å². The third-order valence-corrected chi connectivity index (χ3v) is 4.93. The van der Waals surface area contributed by atoms with Crippen LogP contribution in [-0.2, 0) is 10.0 Å². The molecule has 2 rings (SSSR count). The maximum Gasteiger partial charge on any atom is 0.335 e. The third kappa shape index (κ3) is 2.78. The van der Waals surface area contributed by atoms with Gasteiger partial charge in [-0.25, -0.2) is 17.9 Å². The van der Waals surface area contributed by atoms with Gasteiger partial charge in [-0.05, 0) is 37.5 Å². The smallest absolute Gasteiger partial charge is 0.335 e. The Bertz CT molecular complexity index is 586. The SMILES string of the molecule is O=C(O)c1cccc(S(=O)(=O)NC2(CO)CCC2)c1. The Morgan fingerprint density at radius 2 is 2.05 bits per heavy atom. The minimum absolute atomic E-state index is 0.0884. The van der Waals surface area contributed by atoms with Crippen molar-refractivity contribution in [3.05, 3.63) is 29.8 Å². The molecule has 1 aromatic rings. The first kappa shape index (κ1) is 14.0. The Balaban J connectivity index is 2.29. The predicted octanol–water partition coefficient (Wildman–Crippen LogP) is 0.578. The van der Waals surface area contributed by atoms with E-state index in [4.69, 9.17) is 5.11 Å². The highest BCUT2D eigenvalue weighted by Gasteiger charge is 2.40. The highest BCUT2D eigenvalue weighted by molar-refractivity contribution is 7.89. The monoisotopic (exact) mass is 285 g/mol. The molecule has 0 radical (unpaired) electrons. The second-order valence-corrected chi connectivity index (χ2v) is 6.41. The third-order valence-electron chi connectivity index (χ3n) is 3.36. The van der Waals surface area contributed by atoms with Gasteiger partial charge in [-0.2, -0.15) is 0 Å². The Morgan fingerprint density at radius 3 is 2.53 bits per heavy atom. The molecule has 6 nitrogen and oxygen atoms in total. The lowest BCUT2D eigenvalue weighted by atomic mass is 9.78. The van der Waals surface area contributed by atoms with Crippen molar-refractivity contribution in [2.45, 2.75) is 29.7 Å². The average Bonchev–Trinajstić information content (AvgIpc) is 2.34. The highest BCUT2D eigenvalue weighted by atomic mass is 32.2. The van der Waals surface area contributed by atoms with Gasteiger partial charge in [-0.15, -0.1) is 0 Å². The summed E-state index contributed by atoms with van der Waals surface area (Å²) in [4.78, 5) is 10.7. The second kappa shape index (κ2) is 4.92. The summed E-state index contributed by atoms with van der Waals surface area (Å²) in [6.07, 6.45) is 2.03. The number of aliphatic hydroxyl groups excluding tert-OH is 1. The minimum Gasteiger partial charge on any atom is -0.478 e. The van der Waals surface area contributed by atoms with Crippen molar-refractivity contribution in [1.29, 1.82) is 0 Å². The summed E-state index contributed by atoms with van der Waals surface area (Å²) in [7, 11) is -3.82. The molecule has 19 heavy (non-hydrogen) atoms. The van der Waals surface area contributed by atoms with Crippen LogP contribution in [0.2, 0.25) is 0 Å². The van der Waals surface area contributed by atoms with Crippen LogP contribution in [0.25, 0.3) is 0 Å². The van der Waals surface area contributed by atoms with Gasteiger partial charge in [0.2, 0.25) is 10.0 Å². The van der Waals surface area contributed by atoms with Gasteiger partial charge < -0.3 is 10.2 Å². The number of sulfonamides is 1. The van der Waals surface area contributed by atoms with Crippen molar-refractivity contribution >= 4 is 16.0 Å². The molecule has 1 fully saturated rings. The van der Waals surface area contributed by atoms with Crippen molar-refractivity contribution in [2.75, 3.05) is 6.61 Å². The zero-order valence-corrected chi connectivity index (χ0v) is 11.0. The van der Waals surface area contributed by atoms with E-state index in [2.05, 4.69) is 4.72 Å². The van der Waals surface area contributed by atoms with Crippen LogP contribution in [-0.4, -0.2) is 36.7 Å². The van der Waals surface area contributed by atoms with E-state index in [1.165, 1.54) is 18.2 Å². The molecule has 1 aromatic carbocycles. The van der Waals surface area contributed by atoms with E-state index in [1.54, 1.807) is 0 Å². The molecule has 7 heteroatoms. The van der Waals surface area contributed by atoms with Crippen LogP contribution in [0.1, 0.15) is 29.6 Å². The maximum absolute atomic E-state index is 12.2. The number of aliphatic hydroxyl groups is 1. The number of benzene rings is 1. The van der Waals surface area contributed by atoms with Gasteiger partial charge >= 0.3 is 5.97 Å². The zero-order chi connectivity index (χ0) is 14.1. The molecule has 1 saturated carbocycles. The van der Waals surface area contributed by atoms with Gasteiger partial charge in [0.05, 0.1) is 22.6 Å². The van der Waals surface area contributed by atoms with Crippen LogP contribution in [0, 0.1) is 0 Å². The Hall–Kier alpha value is -1.44. The number of hydrogen-bond donors (Lipinski definition) is 3. The van der Waals surface area contributed by atoms with Gasteiger partial charge in [0.15, 0.2) is 0 Å². The lowest BCUT2D eigenvalue weighted by Crippen LogP contribution is -2.55. The summed E-state index contributed by atoms with van der Waals surface area (Å²) in [5, 5.41) is 18.1. The first-order chi connectivity index (χ1) is 8.88. The van der Waals surface area contributed by atoms with Crippen LogP contribution >= 0.6 is 0 Å². The summed E-state index contributed by atoms with van der Waals surface area (Å²) in [5.41, 5.74) is -0.882. The van der Waals surface area contributed by atoms with Crippen LogP contribution < -0.4 is 4.72 Å². The van der Waals surface area contributed by atoms with E-state index in [0.29, 0.717) is 12.8 Å². The van der Waals surface area contributed by atoms with Gasteiger partial charge in [0.25, 0.3) is 0 Å². The molecule has 104 valence electrons. The van der Waals surface area contributed by atoms with Gasteiger partial charge in [0, 0.05) is 0 Å². The largest absolute Gasteiger partial charge is 0.478 e. The summed E-state index contributed by atoms with van der Waals surface area (Å²) < 4.78 is 26.8. The summed E-state index contributed by atoms with van der Waals surface area (Å²) in [5.74, 6) is -1.18. The molecule has 0 saturated heterocycles. The summed E-state index contributed by atoms with van der Waals surface area (Å²) in [6, 6.07) is 5.14. The highest BCUT2D eigenvalue weighted by Crippen LogP contribution is 2.32. The molecule has 0 amide bonds. The molecule has 0 atom stereocenters. The first-order valence-electron chi connectivity index (χ1n) is 5.87. The van der Waals surface area contributed by atoms with Crippen molar-refractivity contribution < 1.29 is 23.4 Å². The standard InChI is InChI=1S/C12H15NO5S/c14-8-12(5-2-6-12)13-19(17,18)10-4-1-3-9(7-10)11(15)16/h1,3-4,7,13-14H,2,5-6,8H2,(H,15,16). The van der Waals surface area contributed by atoms with Gasteiger partial charge in [0.1, 0.15) is 0 Å². The fraction of sp³-hybridized carbons (Fsp3) is 0.417. The molecule has 0 spiro atoms. The number of rotatable bonds is 5. The molecule has 0 aliphatic heterocycles. The maximum atomic E-state index is 12.2. The topological polar surface area (TPSA) is 104 Å². The number of nitrogens with one attached hydrogen (secondary N) is 1. The average molecular weight is 285 g/mol. The van der Waals surface area contributed by atoms with Crippen molar-refractivity contribution in [1.82, 2.24) is 4.72 Å². The lowest BCUT2D eigenvalue weighted by molar-refractivity contribution is 0.0696. The van der Waals surface area contributed by atoms with Crippen molar-refractivity contribution in [2.24, 2.45) is 0 Å². The Morgan fingerprint density at radius 1 is 1.37 bits per heavy atom. The van der Waals surface area contributed by atoms with E-state index in [0.717, 1.165) is 12.5 Å². The predicted molar refractivity (Wildman–Crippen MR) is 67.4 cm³/mol. The molecule has 0 heterocycles. The minimum atomic E-state index is -3.82. The van der Waals surface area contributed by atoms with Crippen LogP contribution in [0.5, 0.6) is 0 Å². The molecule has 0 aromatic heterocycles. The molecule has 3 N–H and O–H groups in total.